The van der Waals surface area contributed by atoms with Crippen LogP contribution < -0.4 is 4.74 Å². The second-order valence-corrected chi connectivity index (χ2v) is 5.50. The van der Waals surface area contributed by atoms with Crippen LogP contribution in [0, 0.1) is 19.8 Å². The van der Waals surface area contributed by atoms with Crippen molar-refractivity contribution in [3.05, 3.63) is 23.3 Å². The minimum atomic E-state index is 0.700. The fourth-order valence-electron chi connectivity index (χ4n) is 1.65. The van der Waals surface area contributed by atoms with E-state index < -0.39 is 0 Å². The number of ether oxygens (including phenoxy) is 1. The van der Waals surface area contributed by atoms with Gasteiger partial charge in [-0.1, -0.05) is 13.8 Å². The van der Waals surface area contributed by atoms with E-state index in [9.17, 15) is 0 Å². The Labute approximate surface area is 104 Å². The Morgan fingerprint density at radius 3 is 2.19 bits per heavy atom. The van der Waals surface area contributed by atoms with Gasteiger partial charge in [0.2, 0.25) is 0 Å². The highest BCUT2D eigenvalue weighted by molar-refractivity contribution is 7.98. The van der Waals surface area contributed by atoms with Gasteiger partial charge < -0.3 is 4.74 Å². The Hall–Kier alpha value is -0.630. The van der Waals surface area contributed by atoms with Gasteiger partial charge in [-0.3, -0.25) is 0 Å². The first-order valence-electron chi connectivity index (χ1n) is 5.82. The molecule has 1 aromatic carbocycles. The van der Waals surface area contributed by atoms with Gasteiger partial charge in [-0.15, -0.1) is 11.8 Å². The summed E-state index contributed by atoms with van der Waals surface area (Å²) >= 11 is 1.78. The summed E-state index contributed by atoms with van der Waals surface area (Å²) in [6.45, 7) is 9.51. The molecule has 0 aliphatic heterocycles. The maximum atomic E-state index is 5.87. The molecule has 90 valence electrons. The van der Waals surface area contributed by atoms with Crippen molar-refractivity contribution in [2.75, 3.05) is 12.9 Å². The summed E-state index contributed by atoms with van der Waals surface area (Å²) in [4.78, 5) is 1.31. The van der Waals surface area contributed by atoms with Gasteiger partial charge in [-0.25, -0.2) is 0 Å². The molecule has 0 heterocycles. The summed E-state index contributed by atoms with van der Waals surface area (Å²) in [5.41, 5.74) is 2.49. The molecule has 1 rings (SSSR count). The maximum absolute atomic E-state index is 5.87. The van der Waals surface area contributed by atoms with Crippen LogP contribution in [0.5, 0.6) is 5.75 Å². The minimum Gasteiger partial charge on any atom is -0.493 e. The second kappa shape index (κ2) is 6.19. The zero-order valence-corrected chi connectivity index (χ0v) is 11.8. The number of thioether (sulfide) groups is 1. The minimum absolute atomic E-state index is 0.700. The molecule has 16 heavy (non-hydrogen) atoms. The molecule has 2 heteroatoms. The van der Waals surface area contributed by atoms with Crippen LogP contribution in [-0.4, -0.2) is 12.9 Å². The fraction of sp³-hybridized carbons (Fsp3) is 0.571. The van der Waals surface area contributed by atoms with Gasteiger partial charge in [-0.05, 0) is 55.7 Å². The summed E-state index contributed by atoms with van der Waals surface area (Å²) in [5.74, 6) is 1.77. The molecule has 0 spiro atoms. The average Bonchev–Trinajstić information content (AvgIpc) is 2.21. The summed E-state index contributed by atoms with van der Waals surface area (Å²) < 4.78 is 5.87. The van der Waals surface area contributed by atoms with Gasteiger partial charge in [-0.2, -0.15) is 0 Å². The van der Waals surface area contributed by atoms with Gasteiger partial charge in [0.1, 0.15) is 5.75 Å². The van der Waals surface area contributed by atoms with Crippen LogP contribution >= 0.6 is 11.8 Å². The highest BCUT2D eigenvalue weighted by Crippen LogP contribution is 2.28. The number of hydrogen-bond acceptors (Lipinski definition) is 2. The Morgan fingerprint density at radius 1 is 1.19 bits per heavy atom. The van der Waals surface area contributed by atoms with Crippen molar-refractivity contribution in [2.45, 2.75) is 39.0 Å². The first-order valence-corrected chi connectivity index (χ1v) is 7.05. The highest BCUT2D eigenvalue weighted by atomic mass is 32.2. The SMILES string of the molecule is CSc1cc(C)c(OCCC(C)C)c(C)c1. The largest absolute Gasteiger partial charge is 0.493 e. The van der Waals surface area contributed by atoms with Crippen molar-refractivity contribution >= 4 is 11.8 Å². The van der Waals surface area contributed by atoms with E-state index in [0.717, 1.165) is 18.8 Å². The third-order valence-electron chi connectivity index (χ3n) is 2.61. The van der Waals surface area contributed by atoms with Crippen LogP contribution in [0.2, 0.25) is 0 Å². The third-order valence-corrected chi connectivity index (χ3v) is 3.32. The Morgan fingerprint density at radius 2 is 1.75 bits per heavy atom. The van der Waals surface area contributed by atoms with Crippen LogP contribution in [0.1, 0.15) is 31.4 Å². The fourth-order valence-corrected chi connectivity index (χ4v) is 2.24. The van der Waals surface area contributed by atoms with E-state index in [1.807, 2.05) is 0 Å². The molecule has 0 N–H and O–H groups in total. The molecule has 0 aromatic heterocycles. The second-order valence-electron chi connectivity index (χ2n) is 4.62. The summed E-state index contributed by atoms with van der Waals surface area (Å²) in [7, 11) is 0. The van der Waals surface area contributed by atoms with E-state index in [-0.39, 0.29) is 0 Å². The van der Waals surface area contributed by atoms with Crippen LogP contribution in [0.4, 0.5) is 0 Å². The molecule has 0 amide bonds. The Balaban J connectivity index is 2.72. The topological polar surface area (TPSA) is 9.23 Å². The van der Waals surface area contributed by atoms with Gasteiger partial charge in [0.25, 0.3) is 0 Å². The third kappa shape index (κ3) is 3.75. The summed E-state index contributed by atoms with van der Waals surface area (Å²) in [6, 6.07) is 4.39. The van der Waals surface area contributed by atoms with E-state index in [0.29, 0.717) is 5.92 Å². The molecule has 0 aliphatic carbocycles. The molecule has 0 radical (unpaired) electrons. The van der Waals surface area contributed by atoms with Crippen LogP contribution in [-0.2, 0) is 0 Å². The van der Waals surface area contributed by atoms with Crippen LogP contribution in [0.15, 0.2) is 17.0 Å². The number of benzene rings is 1. The van der Waals surface area contributed by atoms with Crippen LogP contribution in [0.3, 0.4) is 0 Å². The lowest BCUT2D eigenvalue weighted by molar-refractivity contribution is 0.286. The van der Waals surface area contributed by atoms with Gasteiger partial charge in [0, 0.05) is 4.90 Å². The zero-order chi connectivity index (χ0) is 12.1. The monoisotopic (exact) mass is 238 g/mol. The van der Waals surface area contributed by atoms with E-state index in [4.69, 9.17) is 4.74 Å². The van der Waals surface area contributed by atoms with E-state index in [2.05, 4.69) is 46.1 Å². The first kappa shape index (κ1) is 13.4. The van der Waals surface area contributed by atoms with E-state index in [1.54, 1.807) is 11.8 Å². The van der Waals surface area contributed by atoms with Crippen molar-refractivity contribution < 1.29 is 4.74 Å². The Kier molecular flexibility index (Phi) is 5.20. The highest BCUT2D eigenvalue weighted by Gasteiger charge is 2.06. The van der Waals surface area contributed by atoms with Crippen molar-refractivity contribution in [3.63, 3.8) is 0 Å². The number of rotatable bonds is 5. The number of aryl methyl sites for hydroxylation is 2. The quantitative estimate of drug-likeness (QED) is 0.701. The van der Waals surface area contributed by atoms with E-state index in [1.165, 1.54) is 16.0 Å². The molecule has 0 fully saturated rings. The Bertz CT molecular complexity index is 322. The molecule has 0 bridgehead atoms. The maximum Gasteiger partial charge on any atom is 0.125 e. The predicted molar refractivity (Wildman–Crippen MR) is 72.6 cm³/mol. The summed E-state index contributed by atoms with van der Waals surface area (Å²) in [6.07, 6.45) is 3.22. The molecule has 0 saturated carbocycles. The van der Waals surface area contributed by atoms with Gasteiger partial charge in [0.15, 0.2) is 0 Å². The molecule has 1 nitrogen and oxygen atoms in total. The van der Waals surface area contributed by atoms with Crippen molar-refractivity contribution in [3.8, 4) is 5.75 Å². The standard InChI is InChI=1S/C14H22OS/c1-10(2)6-7-15-14-11(3)8-13(16-5)9-12(14)4/h8-10H,6-7H2,1-5H3. The lowest BCUT2D eigenvalue weighted by Gasteiger charge is -2.14. The van der Waals surface area contributed by atoms with Crippen LogP contribution in [0.25, 0.3) is 0 Å². The molecule has 0 unspecified atom stereocenters. The molecule has 0 aliphatic rings. The lowest BCUT2D eigenvalue weighted by atomic mass is 10.1. The van der Waals surface area contributed by atoms with Crippen molar-refractivity contribution in [1.29, 1.82) is 0 Å². The predicted octanol–water partition coefficient (Wildman–Crippen LogP) is 4.45. The summed E-state index contributed by atoms with van der Waals surface area (Å²) in [5, 5.41) is 0. The molecular formula is C14H22OS. The average molecular weight is 238 g/mol. The number of hydrogen-bond donors (Lipinski definition) is 0. The molecule has 0 atom stereocenters. The first-order chi connectivity index (χ1) is 7.54. The molecule has 1 aromatic rings. The van der Waals surface area contributed by atoms with Gasteiger partial charge in [0.05, 0.1) is 6.61 Å². The zero-order valence-electron chi connectivity index (χ0n) is 11.0. The van der Waals surface area contributed by atoms with E-state index >= 15 is 0 Å². The van der Waals surface area contributed by atoms with Crippen molar-refractivity contribution in [2.24, 2.45) is 5.92 Å². The molecular weight excluding hydrogens is 216 g/mol. The smallest absolute Gasteiger partial charge is 0.125 e. The normalized spacial score (nSPS) is 10.9. The lowest BCUT2D eigenvalue weighted by Crippen LogP contribution is -2.03. The molecule has 0 saturated heterocycles. The van der Waals surface area contributed by atoms with Crippen molar-refractivity contribution in [1.82, 2.24) is 0 Å². The van der Waals surface area contributed by atoms with Gasteiger partial charge >= 0.3 is 0 Å².